The zero-order chi connectivity index (χ0) is 12.3. The number of hydrogen-bond acceptors (Lipinski definition) is 4. The number of likely N-dealkylation sites (tertiary alicyclic amines) is 1. The van der Waals surface area contributed by atoms with Crippen molar-refractivity contribution in [3.63, 3.8) is 0 Å². The fraction of sp³-hybridized carbons (Fsp3) is 0.769. The lowest BCUT2D eigenvalue weighted by molar-refractivity contribution is 0.106. The van der Waals surface area contributed by atoms with Crippen LogP contribution in [0.15, 0.2) is 10.6 Å². The first kappa shape index (κ1) is 12.6. The standard InChI is InChI=1S/C13H22N2O2/c1-10(2)15-7-4-3-5-13(15)12-9-11(6-8-16)17-14-12/h9-10,13,16H,3-8H2,1-2H3. The Morgan fingerprint density at radius 3 is 3.06 bits per heavy atom. The number of aliphatic hydroxyl groups excluding tert-OH is 1. The van der Waals surface area contributed by atoms with E-state index < -0.39 is 0 Å². The van der Waals surface area contributed by atoms with Crippen molar-refractivity contribution in [3.8, 4) is 0 Å². The molecule has 1 saturated heterocycles. The summed E-state index contributed by atoms with van der Waals surface area (Å²) in [6.07, 6.45) is 4.25. The van der Waals surface area contributed by atoms with Gasteiger partial charge in [-0.1, -0.05) is 11.6 Å². The van der Waals surface area contributed by atoms with E-state index in [1.54, 1.807) is 0 Å². The second-order valence-corrected chi connectivity index (χ2v) is 5.03. The van der Waals surface area contributed by atoms with Crippen LogP contribution >= 0.6 is 0 Å². The Morgan fingerprint density at radius 1 is 1.53 bits per heavy atom. The fourth-order valence-electron chi connectivity index (χ4n) is 2.60. The SMILES string of the molecule is CC(C)N1CCCCC1c1cc(CCO)on1. The van der Waals surface area contributed by atoms with E-state index in [2.05, 4.69) is 23.9 Å². The highest BCUT2D eigenvalue weighted by molar-refractivity contribution is 5.11. The van der Waals surface area contributed by atoms with Crippen LogP contribution in [0.3, 0.4) is 0 Å². The maximum Gasteiger partial charge on any atom is 0.139 e. The quantitative estimate of drug-likeness (QED) is 0.873. The van der Waals surface area contributed by atoms with Crippen molar-refractivity contribution in [3.05, 3.63) is 17.5 Å². The predicted molar refractivity (Wildman–Crippen MR) is 65.7 cm³/mol. The number of hydrogen-bond donors (Lipinski definition) is 1. The minimum atomic E-state index is 0.118. The molecular formula is C13H22N2O2. The van der Waals surface area contributed by atoms with Crippen LogP contribution in [0, 0.1) is 0 Å². The molecule has 0 aliphatic carbocycles. The summed E-state index contributed by atoms with van der Waals surface area (Å²) in [6.45, 7) is 5.72. The first-order valence-corrected chi connectivity index (χ1v) is 6.54. The summed E-state index contributed by atoms with van der Waals surface area (Å²) >= 11 is 0. The highest BCUT2D eigenvalue weighted by Crippen LogP contribution is 2.32. The zero-order valence-corrected chi connectivity index (χ0v) is 10.7. The van der Waals surface area contributed by atoms with Gasteiger partial charge in [0.2, 0.25) is 0 Å². The van der Waals surface area contributed by atoms with Gasteiger partial charge in [0.1, 0.15) is 11.5 Å². The number of nitrogens with zero attached hydrogens (tertiary/aromatic N) is 2. The Bertz CT molecular complexity index is 349. The lowest BCUT2D eigenvalue weighted by Crippen LogP contribution is -2.38. The molecule has 0 bridgehead atoms. The van der Waals surface area contributed by atoms with E-state index in [-0.39, 0.29) is 6.61 Å². The fourth-order valence-corrected chi connectivity index (χ4v) is 2.60. The van der Waals surface area contributed by atoms with E-state index in [4.69, 9.17) is 9.63 Å². The molecule has 96 valence electrons. The molecule has 0 amide bonds. The van der Waals surface area contributed by atoms with E-state index in [1.807, 2.05) is 6.07 Å². The molecule has 1 aromatic heterocycles. The second-order valence-electron chi connectivity index (χ2n) is 5.03. The van der Waals surface area contributed by atoms with Crippen molar-refractivity contribution < 1.29 is 9.63 Å². The maximum atomic E-state index is 8.88. The highest BCUT2D eigenvalue weighted by Gasteiger charge is 2.28. The molecule has 1 unspecified atom stereocenters. The van der Waals surface area contributed by atoms with E-state index in [9.17, 15) is 0 Å². The van der Waals surface area contributed by atoms with Crippen LogP contribution in [0.1, 0.15) is 50.6 Å². The van der Waals surface area contributed by atoms with Crippen LogP contribution in [0.25, 0.3) is 0 Å². The minimum absolute atomic E-state index is 0.118. The molecule has 0 aromatic carbocycles. The maximum absolute atomic E-state index is 8.88. The molecule has 4 nitrogen and oxygen atoms in total. The average Bonchev–Trinajstić information content (AvgIpc) is 2.78. The highest BCUT2D eigenvalue weighted by atomic mass is 16.5. The lowest BCUT2D eigenvalue weighted by Gasteiger charge is -2.37. The summed E-state index contributed by atoms with van der Waals surface area (Å²) in [7, 11) is 0. The van der Waals surface area contributed by atoms with Crippen molar-refractivity contribution >= 4 is 0 Å². The molecular weight excluding hydrogens is 216 g/mol. The van der Waals surface area contributed by atoms with Gasteiger partial charge in [-0.3, -0.25) is 4.90 Å². The number of rotatable bonds is 4. The summed E-state index contributed by atoms with van der Waals surface area (Å²) in [6, 6.07) is 2.93. The molecule has 2 heterocycles. The Labute approximate surface area is 103 Å². The average molecular weight is 238 g/mol. The Kier molecular flexibility index (Phi) is 4.18. The number of aromatic nitrogens is 1. The molecule has 1 aliphatic heterocycles. The van der Waals surface area contributed by atoms with Crippen LogP contribution in [0.2, 0.25) is 0 Å². The summed E-state index contributed by atoms with van der Waals surface area (Å²) in [5, 5.41) is 13.0. The summed E-state index contributed by atoms with van der Waals surface area (Å²) in [5.41, 5.74) is 1.03. The molecule has 1 fully saturated rings. The minimum Gasteiger partial charge on any atom is -0.396 e. The van der Waals surface area contributed by atoms with E-state index in [0.29, 0.717) is 18.5 Å². The Balaban J connectivity index is 2.11. The summed E-state index contributed by atoms with van der Waals surface area (Å²) < 4.78 is 5.25. The van der Waals surface area contributed by atoms with Crippen molar-refractivity contribution in [2.75, 3.05) is 13.2 Å². The molecule has 2 rings (SSSR count). The number of piperidine rings is 1. The molecule has 1 N–H and O–H groups in total. The van der Waals surface area contributed by atoms with Gasteiger partial charge < -0.3 is 9.63 Å². The van der Waals surface area contributed by atoms with E-state index in [1.165, 1.54) is 12.8 Å². The monoisotopic (exact) mass is 238 g/mol. The molecule has 1 aromatic rings. The van der Waals surface area contributed by atoms with Crippen molar-refractivity contribution in [2.24, 2.45) is 0 Å². The second kappa shape index (κ2) is 5.65. The first-order chi connectivity index (χ1) is 8.22. The molecule has 0 radical (unpaired) electrons. The van der Waals surface area contributed by atoms with Crippen LogP contribution in [0.5, 0.6) is 0 Å². The zero-order valence-electron chi connectivity index (χ0n) is 10.7. The van der Waals surface area contributed by atoms with Gasteiger partial charge in [0.25, 0.3) is 0 Å². The third kappa shape index (κ3) is 2.87. The number of aliphatic hydroxyl groups is 1. The van der Waals surface area contributed by atoms with Crippen molar-refractivity contribution in [1.29, 1.82) is 0 Å². The van der Waals surface area contributed by atoms with Crippen LogP contribution in [-0.4, -0.2) is 34.4 Å². The third-order valence-electron chi connectivity index (χ3n) is 3.48. The Hall–Kier alpha value is -0.870. The van der Waals surface area contributed by atoms with Crippen LogP contribution in [-0.2, 0) is 6.42 Å². The van der Waals surface area contributed by atoms with Gasteiger partial charge in [0, 0.05) is 18.5 Å². The molecule has 17 heavy (non-hydrogen) atoms. The normalized spacial score (nSPS) is 22.2. The van der Waals surface area contributed by atoms with E-state index >= 15 is 0 Å². The topological polar surface area (TPSA) is 49.5 Å². The largest absolute Gasteiger partial charge is 0.396 e. The summed E-state index contributed by atoms with van der Waals surface area (Å²) in [5.74, 6) is 0.789. The van der Waals surface area contributed by atoms with Gasteiger partial charge >= 0.3 is 0 Å². The molecule has 4 heteroatoms. The van der Waals surface area contributed by atoms with Crippen LogP contribution < -0.4 is 0 Å². The van der Waals surface area contributed by atoms with Gasteiger partial charge in [-0.25, -0.2) is 0 Å². The molecule has 1 aliphatic rings. The molecule has 0 saturated carbocycles. The van der Waals surface area contributed by atoms with Gasteiger partial charge in [0.15, 0.2) is 0 Å². The van der Waals surface area contributed by atoms with Crippen LogP contribution in [0.4, 0.5) is 0 Å². The van der Waals surface area contributed by atoms with Crippen molar-refractivity contribution in [2.45, 2.75) is 51.6 Å². The molecule has 1 atom stereocenters. The molecule has 0 spiro atoms. The predicted octanol–water partition coefficient (Wildman–Crippen LogP) is 2.14. The van der Waals surface area contributed by atoms with Crippen molar-refractivity contribution in [1.82, 2.24) is 10.1 Å². The smallest absolute Gasteiger partial charge is 0.139 e. The third-order valence-corrected chi connectivity index (χ3v) is 3.48. The van der Waals surface area contributed by atoms with Gasteiger partial charge in [-0.15, -0.1) is 0 Å². The Morgan fingerprint density at radius 2 is 2.35 bits per heavy atom. The van der Waals surface area contributed by atoms with Gasteiger partial charge in [0.05, 0.1) is 12.6 Å². The first-order valence-electron chi connectivity index (χ1n) is 6.54. The lowest BCUT2D eigenvalue weighted by atomic mass is 9.97. The van der Waals surface area contributed by atoms with Gasteiger partial charge in [-0.2, -0.15) is 0 Å². The summed E-state index contributed by atoms with van der Waals surface area (Å²) in [4.78, 5) is 2.49. The van der Waals surface area contributed by atoms with Gasteiger partial charge in [-0.05, 0) is 33.2 Å². The van der Waals surface area contributed by atoms with E-state index in [0.717, 1.165) is 24.4 Å².